The maximum Gasteiger partial charge on any atom is 0.231 e. The van der Waals surface area contributed by atoms with Crippen LogP contribution in [0.2, 0.25) is 0 Å². The smallest absolute Gasteiger partial charge is 0.231 e. The normalized spacial score (nSPS) is 19.3. The van der Waals surface area contributed by atoms with Crippen LogP contribution in [0.15, 0.2) is 24.5 Å². The van der Waals surface area contributed by atoms with E-state index < -0.39 is 5.60 Å². The first-order chi connectivity index (χ1) is 12.0. The third-order valence-corrected chi connectivity index (χ3v) is 5.40. The highest BCUT2D eigenvalue weighted by atomic mass is 16.7. The number of imidazole rings is 1. The van der Waals surface area contributed by atoms with Crippen molar-refractivity contribution in [3.63, 3.8) is 0 Å². The lowest BCUT2D eigenvalue weighted by Gasteiger charge is -2.38. The molecule has 6 heteroatoms. The Hall–Kier alpha value is -2.05. The van der Waals surface area contributed by atoms with Crippen LogP contribution in [0.4, 0.5) is 0 Å². The Morgan fingerprint density at radius 1 is 1.16 bits per heavy atom. The molecule has 4 rings (SSSR count). The monoisotopic (exact) mass is 343 g/mol. The molecule has 0 amide bonds. The van der Waals surface area contributed by atoms with Crippen molar-refractivity contribution in [3.8, 4) is 11.5 Å². The van der Waals surface area contributed by atoms with Gasteiger partial charge in [0.15, 0.2) is 11.5 Å². The zero-order chi connectivity index (χ0) is 17.4. The average molecular weight is 343 g/mol. The predicted octanol–water partition coefficient (Wildman–Crippen LogP) is 2.26. The highest BCUT2D eigenvalue weighted by Gasteiger charge is 2.33. The zero-order valence-corrected chi connectivity index (χ0v) is 14.9. The molecule has 0 aliphatic carbocycles. The summed E-state index contributed by atoms with van der Waals surface area (Å²) in [6.07, 6.45) is 5.27. The standard InChI is InChI=1S/C19H25N3O3/c1-14-9-17-18(25-13-24-17)10-16(14)11-21-6-3-19(23,4-7-21)12-22-8-5-20-15(22)2/h5,8-10,23H,3-4,6-7,11-13H2,1-2H3. The van der Waals surface area contributed by atoms with E-state index in [1.165, 1.54) is 11.1 Å². The molecule has 2 aromatic rings. The summed E-state index contributed by atoms with van der Waals surface area (Å²) < 4.78 is 13.0. The fraction of sp³-hybridized carbons (Fsp3) is 0.526. The van der Waals surface area contributed by atoms with Gasteiger partial charge < -0.3 is 19.1 Å². The van der Waals surface area contributed by atoms with Gasteiger partial charge in [0.05, 0.1) is 12.1 Å². The lowest BCUT2D eigenvalue weighted by atomic mass is 9.90. The minimum atomic E-state index is -0.647. The number of aromatic nitrogens is 2. The highest BCUT2D eigenvalue weighted by Crippen LogP contribution is 2.35. The molecular formula is C19H25N3O3. The minimum Gasteiger partial charge on any atom is -0.454 e. The molecule has 0 spiro atoms. The van der Waals surface area contributed by atoms with Crippen LogP contribution in [-0.2, 0) is 13.1 Å². The summed E-state index contributed by atoms with van der Waals surface area (Å²) in [5.74, 6) is 2.63. The van der Waals surface area contributed by atoms with Gasteiger partial charge in [-0.2, -0.15) is 0 Å². The number of hydrogen-bond acceptors (Lipinski definition) is 5. The number of aliphatic hydroxyl groups is 1. The molecule has 0 unspecified atom stereocenters. The highest BCUT2D eigenvalue weighted by molar-refractivity contribution is 5.48. The van der Waals surface area contributed by atoms with Gasteiger partial charge in [-0.05, 0) is 49.9 Å². The van der Waals surface area contributed by atoms with Crippen molar-refractivity contribution in [2.45, 2.75) is 45.4 Å². The summed E-state index contributed by atoms with van der Waals surface area (Å²) in [5, 5.41) is 10.9. The topological polar surface area (TPSA) is 59.8 Å². The zero-order valence-electron chi connectivity index (χ0n) is 14.9. The van der Waals surface area contributed by atoms with Gasteiger partial charge in [0.1, 0.15) is 5.82 Å². The Bertz CT molecular complexity index is 763. The maximum atomic E-state index is 10.9. The van der Waals surface area contributed by atoms with Crippen LogP contribution >= 0.6 is 0 Å². The Balaban J connectivity index is 1.38. The third-order valence-electron chi connectivity index (χ3n) is 5.40. The summed E-state index contributed by atoms with van der Waals surface area (Å²) in [5.41, 5.74) is 1.84. The fourth-order valence-electron chi connectivity index (χ4n) is 3.67. The maximum absolute atomic E-state index is 10.9. The van der Waals surface area contributed by atoms with E-state index in [1.54, 1.807) is 6.20 Å². The van der Waals surface area contributed by atoms with Crippen LogP contribution < -0.4 is 9.47 Å². The van der Waals surface area contributed by atoms with E-state index in [0.29, 0.717) is 13.3 Å². The van der Waals surface area contributed by atoms with Gasteiger partial charge in [0.2, 0.25) is 6.79 Å². The van der Waals surface area contributed by atoms with E-state index in [0.717, 1.165) is 49.8 Å². The summed E-state index contributed by atoms with van der Waals surface area (Å²) in [6, 6.07) is 4.15. The fourth-order valence-corrected chi connectivity index (χ4v) is 3.67. The van der Waals surface area contributed by atoms with E-state index in [4.69, 9.17) is 9.47 Å². The molecule has 3 heterocycles. The number of ether oxygens (including phenoxy) is 2. The molecule has 1 aromatic heterocycles. The van der Waals surface area contributed by atoms with Crippen molar-refractivity contribution in [3.05, 3.63) is 41.5 Å². The summed E-state index contributed by atoms with van der Waals surface area (Å²) >= 11 is 0. The van der Waals surface area contributed by atoms with Crippen molar-refractivity contribution in [1.82, 2.24) is 14.5 Å². The van der Waals surface area contributed by atoms with Crippen LogP contribution in [0.3, 0.4) is 0 Å². The van der Waals surface area contributed by atoms with Crippen molar-refractivity contribution < 1.29 is 14.6 Å². The lowest BCUT2D eigenvalue weighted by molar-refractivity contribution is -0.0361. The second-order valence-electron chi connectivity index (χ2n) is 7.23. The molecule has 1 aromatic carbocycles. The van der Waals surface area contributed by atoms with E-state index in [-0.39, 0.29) is 0 Å². The van der Waals surface area contributed by atoms with Crippen LogP contribution in [0.25, 0.3) is 0 Å². The molecule has 0 atom stereocenters. The number of rotatable bonds is 4. The first-order valence-electron chi connectivity index (χ1n) is 8.84. The number of aryl methyl sites for hydroxylation is 2. The summed E-state index contributed by atoms with van der Waals surface area (Å²) in [4.78, 5) is 6.64. The second kappa shape index (κ2) is 6.35. The summed E-state index contributed by atoms with van der Waals surface area (Å²) in [7, 11) is 0. The van der Waals surface area contributed by atoms with E-state index >= 15 is 0 Å². The first kappa shape index (κ1) is 16.4. The molecule has 2 aliphatic heterocycles. The van der Waals surface area contributed by atoms with Gasteiger partial charge in [-0.15, -0.1) is 0 Å². The lowest BCUT2D eigenvalue weighted by Crippen LogP contribution is -2.46. The van der Waals surface area contributed by atoms with E-state index in [1.807, 2.05) is 17.7 Å². The largest absolute Gasteiger partial charge is 0.454 e. The first-order valence-corrected chi connectivity index (χ1v) is 8.84. The Morgan fingerprint density at radius 3 is 2.56 bits per heavy atom. The molecule has 1 saturated heterocycles. The second-order valence-corrected chi connectivity index (χ2v) is 7.23. The minimum absolute atomic E-state index is 0.308. The van der Waals surface area contributed by atoms with Gasteiger partial charge in [-0.1, -0.05) is 0 Å². The summed E-state index contributed by atoms with van der Waals surface area (Å²) in [6.45, 7) is 7.66. The molecule has 6 nitrogen and oxygen atoms in total. The number of likely N-dealkylation sites (tertiary alicyclic amines) is 1. The molecular weight excluding hydrogens is 318 g/mol. The van der Waals surface area contributed by atoms with Crippen LogP contribution in [0.5, 0.6) is 11.5 Å². The number of fused-ring (bicyclic) bond motifs is 1. The van der Waals surface area contributed by atoms with Crippen molar-refractivity contribution in [1.29, 1.82) is 0 Å². The van der Waals surface area contributed by atoms with E-state index in [9.17, 15) is 5.11 Å². The van der Waals surface area contributed by atoms with Gasteiger partial charge in [0, 0.05) is 32.0 Å². The quantitative estimate of drug-likeness (QED) is 0.923. The van der Waals surface area contributed by atoms with Crippen molar-refractivity contribution in [2.75, 3.05) is 19.9 Å². The molecule has 25 heavy (non-hydrogen) atoms. The van der Waals surface area contributed by atoms with Crippen LogP contribution in [0.1, 0.15) is 29.8 Å². The van der Waals surface area contributed by atoms with Gasteiger partial charge in [-0.3, -0.25) is 4.90 Å². The number of piperidine rings is 1. The molecule has 0 radical (unpaired) electrons. The van der Waals surface area contributed by atoms with Gasteiger partial charge in [-0.25, -0.2) is 4.98 Å². The van der Waals surface area contributed by atoms with E-state index in [2.05, 4.69) is 28.9 Å². The van der Waals surface area contributed by atoms with Crippen LogP contribution in [0, 0.1) is 13.8 Å². The number of hydrogen-bond donors (Lipinski definition) is 1. The van der Waals surface area contributed by atoms with Gasteiger partial charge >= 0.3 is 0 Å². The predicted molar refractivity (Wildman–Crippen MR) is 93.7 cm³/mol. The molecule has 2 aliphatic rings. The average Bonchev–Trinajstić information content (AvgIpc) is 3.19. The molecule has 1 N–H and O–H groups in total. The molecule has 1 fully saturated rings. The molecule has 134 valence electrons. The number of nitrogens with zero attached hydrogens (tertiary/aromatic N) is 3. The Labute approximate surface area is 148 Å². The van der Waals surface area contributed by atoms with Gasteiger partial charge in [0.25, 0.3) is 0 Å². The number of benzene rings is 1. The SMILES string of the molecule is Cc1cc2c(cc1CN1CCC(O)(Cn3ccnc3C)CC1)OCO2. The van der Waals surface area contributed by atoms with Crippen molar-refractivity contribution in [2.24, 2.45) is 0 Å². The Kier molecular flexibility index (Phi) is 4.17. The third kappa shape index (κ3) is 3.37. The molecule has 0 saturated carbocycles. The van der Waals surface area contributed by atoms with Crippen LogP contribution in [-0.4, -0.2) is 45.0 Å². The van der Waals surface area contributed by atoms with Crippen molar-refractivity contribution >= 4 is 0 Å². The molecule has 0 bridgehead atoms. The Morgan fingerprint density at radius 2 is 1.88 bits per heavy atom.